The number of hydrogen-bond acceptors (Lipinski definition) is 3. The predicted octanol–water partition coefficient (Wildman–Crippen LogP) is 2.38. The van der Waals surface area contributed by atoms with Crippen LogP contribution >= 0.6 is 0 Å². The summed E-state index contributed by atoms with van der Waals surface area (Å²) in [6.07, 6.45) is 2.74. The molecule has 0 atom stereocenters. The number of carbonyl (C=O) groups is 1. The smallest absolute Gasteiger partial charge is 0.222 e. The number of carbonyl (C=O) groups excluding carboxylic acids is 1. The molecule has 0 radical (unpaired) electrons. The number of ether oxygens (including phenoxy) is 1. The molecule has 0 unspecified atom stereocenters. The number of rotatable bonds is 7. The summed E-state index contributed by atoms with van der Waals surface area (Å²) in [5, 5.41) is 9.25. The van der Waals surface area contributed by atoms with Gasteiger partial charge in [0.15, 0.2) is 0 Å². The summed E-state index contributed by atoms with van der Waals surface area (Å²) in [4.78, 5) is 13.8. The minimum absolute atomic E-state index is 0.152. The van der Waals surface area contributed by atoms with E-state index in [-0.39, 0.29) is 12.0 Å². The Labute approximate surface area is 126 Å². The van der Waals surface area contributed by atoms with E-state index in [4.69, 9.17) is 4.74 Å². The first-order valence-corrected chi connectivity index (χ1v) is 7.66. The Morgan fingerprint density at radius 1 is 1.43 bits per heavy atom. The number of benzene rings is 1. The molecule has 4 nitrogen and oxygen atoms in total. The standard InChI is InChI=1S/C17H25NO3/c1-13-5-3-6-16(9-13)21-8-4-7-17(20)18(2)12-14-10-15(19)11-14/h3,5-6,9,14-15,19H,4,7-8,10-12H2,1-2H3. The second-order valence-electron chi connectivity index (χ2n) is 6.03. The number of aliphatic hydroxyl groups is 1. The Hall–Kier alpha value is -1.55. The Bertz CT molecular complexity index is 469. The lowest BCUT2D eigenvalue weighted by Gasteiger charge is -2.34. The summed E-state index contributed by atoms with van der Waals surface area (Å²) in [6, 6.07) is 7.93. The topological polar surface area (TPSA) is 49.8 Å². The lowest BCUT2D eigenvalue weighted by Crippen LogP contribution is -2.39. The third kappa shape index (κ3) is 5.05. The van der Waals surface area contributed by atoms with E-state index in [1.54, 1.807) is 4.90 Å². The molecule has 0 bridgehead atoms. The van der Waals surface area contributed by atoms with Crippen molar-refractivity contribution in [3.63, 3.8) is 0 Å². The van der Waals surface area contributed by atoms with Crippen molar-refractivity contribution in [2.24, 2.45) is 5.92 Å². The van der Waals surface area contributed by atoms with Gasteiger partial charge in [0.05, 0.1) is 12.7 Å². The van der Waals surface area contributed by atoms with E-state index in [9.17, 15) is 9.90 Å². The number of hydrogen-bond donors (Lipinski definition) is 1. The summed E-state index contributed by atoms with van der Waals surface area (Å²) < 4.78 is 5.64. The Morgan fingerprint density at radius 2 is 2.19 bits per heavy atom. The second-order valence-corrected chi connectivity index (χ2v) is 6.03. The molecular formula is C17H25NO3. The van der Waals surface area contributed by atoms with Gasteiger partial charge in [0.25, 0.3) is 0 Å². The van der Waals surface area contributed by atoms with Crippen molar-refractivity contribution in [3.05, 3.63) is 29.8 Å². The largest absolute Gasteiger partial charge is 0.494 e. The third-order valence-corrected chi connectivity index (χ3v) is 3.96. The second kappa shape index (κ2) is 7.46. The van der Waals surface area contributed by atoms with Crippen LogP contribution in [0.4, 0.5) is 0 Å². The lowest BCUT2D eigenvalue weighted by molar-refractivity contribution is -0.131. The molecule has 1 aliphatic rings. The van der Waals surface area contributed by atoms with Gasteiger partial charge in [-0.2, -0.15) is 0 Å². The fourth-order valence-electron chi connectivity index (χ4n) is 2.65. The maximum Gasteiger partial charge on any atom is 0.222 e. The molecule has 4 heteroatoms. The first-order valence-electron chi connectivity index (χ1n) is 7.66. The molecule has 2 rings (SSSR count). The highest BCUT2D eigenvalue weighted by molar-refractivity contribution is 5.75. The van der Waals surface area contributed by atoms with Crippen LogP contribution < -0.4 is 4.74 Å². The zero-order valence-electron chi connectivity index (χ0n) is 12.9. The van der Waals surface area contributed by atoms with Gasteiger partial charge in [-0.25, -0.2) is 0 Å². The predicted molar refractivity (Wildman–Crippen MR) is 82.3 cm³/mol. The molecule has 1 aromatic rings. The summed E-state index contributed by atoms with van der Waals surface area (Å²) in [5.41, 5.74) is 1.17. The Kier molecular flexibility index (Phi) is 5.62. The maximum atomic E-state index is 12.0. The molecule has 0 spiro atoms. The fraction of sp³-hybridized carbons (Fsp3) is 0.588. The van der Waals surface area contributed by atoms with E-state index in [2.05, 4.69) is 0 Å². The van der Waals surface area contributed by atoms with Crippen molar-refractivity contribution in [1.29, 1.82) is 0 Å². The van der Waals surface area contributed by atoms with E-state index in [1.807, 2.05) is 38.2 Å². The van der Waals surface area contributed by atoms with Crippen LogP contribution in [0.1, 0.15) is 31.2 Å². The number of amides is 1. The summed E-state index contributed by atoms with van der Waals surface area (Å²) >= 11 is 0. The monoisotopic (exact) mass is 291 g/mol. The molecule has 0 aliphatic heterocycles. The molecule has 21 heavy (non-hydrogen) atoms. The third-order valence-electron chi connectivity index (χ3n) is 3.96. The van der Waals surface area contributed by atoms with Gasteiger partial charge in [0, 0.05) is 20.0 Å². The van der Waals surface area contributed by atoms with Gasteiger partial charge >= 0.3 is 0 Å². The normalized spacial score (nSPS) is 20.7. The molecule has 1 fully saturated rings. The summed E-state index contributed by atoms with van der Waals surface area (Å²) in [7, 11) is 1.84. The van der Waals surface area contributed by atoms with Crippen LogP contribution in [0, 0.1) is 12.8 Å². The van der Waals surface area contributed by atoms with Crippen molar-refractivity contribution in [2.75, 3.05) is 20.2 Å². The molecule has 0 heterocycles. The van der Waals surface area contributed by atoms with E-state index < -0.39 is 0 Å². The first-order chi connectivity index (χ1) is 10.0. The SMILES string of the molecule is Cc1cccc(OCCCC(=O)N(C)CC2CC(O)C2)c1. The van der Waals surface area contributed by atoms with Gasteiger partial charge < -0.3 is 14.7 Å². The average Bonchev–Trinajstić information content (AvgIpc) is 2.41. The molecular weight excluding hydrogens is 266 g/mol. The summed E-state index contributed by atoms with van der Waals surface area (Å²) in [6.45, 7) is 3.35. The highest BCUT2D eigenvalue weighted by Crippen LogP contribution is 2.27. The van der Waals surface area contributed by atoms with Crippen molar-refractivity contribution < 1.29 is 14.6 Å². The van der Waals surface area contributed by atoms with Crippen LogP contribution in [0.15, 0.2) is 24.3 Å². The van der Waals surface area contributed by atoms with Gasteiger partial charge in [-0.15, -0.1) is 0 Å². The molecule has 1 N–H and O–H groups in total. The maximum absolute atomic E-state index is 12.0. The number of aliphatic hydroxyl groups excluding tert-OH is 1. The van der Waals surface area contributed by atoms with E-state index >= 15 is 0 Å². The summed E-state index contributed by atoms with van der Waals surface area (Å²) in [5.74, 6) is 1.49. The molecule has 1 saturated carbocycles. The van der Waals surface area contributed by atoms with Crippen LogP contribution in [-0.4, -0.2) is 42.2 Å². The highest BCUT2D eigenvalue weighted by atomic mass is 16.5. The average molecular weight is 291 g/mol. The van der Waals surface area contributed by atoms with Crippen LogP contribution in [-0.2, 0) is 4.79 Å². The lowest BCUT2D eigenvalue weighted by atomic mass is 9.82. The minimum Gasteiger partial charge on any atom is -0.494 e. The Morgan fingerprint density at radius 3 is 2.86 bits per heavy atom. The van der Waals surface area contributed by atoms with Crippen molar-refractivity contribution >= 4 is 5.91 Å². The molecule has 1 amide bonds. The number of nitrogens with zero attached hydrogens (tertiary/aromatic N) is 1. The van der Waals surface area contributed by atoms with E-state index in [0.717, 1.165) is 31.6 Å². The first kappa shape index (κ1) is 15.8. The molecule has 0 saturated heterocycles. The van der Waals surface area contributed by atoms with Crippen molar-refractivity contribution in [3.8, 4) is 5.75 Å². The molecule has 1 aromatic carbocycles. The quantitative estimate of drug-likeness (QED) is 0.785. The zero-order valence-corrected chi connectivity index (χ0v) is 12.9. The number of aryl methyl sites for hydroxylation is 1. The van der Waals surface area contributed by atoms with Gasteiger partial charge in [-0.05, 0) is 49.8 Å². The Balaban J connectivity index is 1.60. The van der Waals surface area contributed by atoms with Gasteiger partial charge in [-0.3, -0.25) is 4.79 Å². The van der Waals surface area contributed by atoms with Gasteiger partial charge in [0.1, 0.15) is 5.75 Å². The fourth-order valence-corrected chi connectivity index (χ4v) is 2.65. The van der Waals surface area contributed by atoms with Crippen LogP contribution in [0.5, 0.6) is 5.75 Å². The molecule has 0 aromatic heterocycles. The molecule has 116 valence electrons. The van der Waals surface area contributed by atoms with Crippen LogP contribution in [0.3, 0.4) is 0 Å². The molecule has 1 aliphatic carbocycles. The van der Waals surface area contributed by atoms with Crippen LogP contribution in [0.25, 0.3) is 0 Å². The van der Waals surface area contributed by atoms with Gasteiger partial charge in [-0.1, -0.05) is 12.1 Å². The van der Waals surface area contributed by atoms with Crippen LogP contribution in [0.2, 0.25) is 0 Å². The van der Waals surface area contributed by atoms with Crippen molar-refractivity contribution in [2.45, 2.75) is 38.7 Å². The van der Waals surface area contributed by atoms with E-state index in [0.29, 0.717) is 18.9 Å². The van der Waals surface area contributed by atoms with Gasteiger partial charge in [0.2, 0.25) is 5.91 Å². The minimum atomic E-state index is -0.152. The highest BCUT2D eigenvalue weighted by Gasteiger charge is 2.28. The van der Waals surface area contributed by atoms with Crippen molar-refractivity contribution in [1.82, 2.24) is 4.90 Å². The zero-order chi connectivity index (χ0) is 15.2. The van der Waals surface area contributed by atoms with E-state index in [1.165, 1.54) is 5.56 Å².